The number of thiazole rings is 1. The third-order valence-corrected chi connectivity index (χ3v) is 4.27. The zero-order valence-corrected chi connectivity index (χ0v) is 10.3. The third-order valence-electron chi connectivity index (χ3n) is 3.21. The van der Waals surface area contributed by atoms with Crippen LogP contribution >= 0.6 is 11.3 Å². The molecule has 4 heteroatoms. The summed E-state index contributed by atoms with van der Waals surface area (Å²) in [6, 6.07) is 7.93. The lowest BCUT2D eigenvalue weighted by atomic mass is 9.94. The van der Waals surface area contributed by atoms with E-state index < -0.39 is 0 Å². The Balaban J connectivity index is 1.89. The maximum Gasteiger partial charge on any atom is 0.194 e. The number of nitrogens with one attached hydrogen (secondary N) is 1. The van der Waals surface area contributed by atoms with Gasteiger partial charge in [-0.3, -0.25) is 4.79 Å². The molecule has 0 amide bonds. The second-order valence-electron chi connectivity index (χ2n) is 4.38. The molecule has 2 heterocycles. The van der Waals surface area contributed by atoms with Crippen molar-refractivity contribution in [1.82, 2.24) is 10.3 Å². The van der Waals surface area contributed by atoms with E-state index in [0.29, 0.717) is 5.01 Å². The molecule has 1 aliphatic heterocycles. The Bertz CT molecular complexity index is 510. The van der Waals surface area contributed by atoms with Crippen LogP contribution < -0.4 is 5.32 Å². The molecule has 2 aromatic rings. The predicted octanol–water partition coefficient (Wildman–Crippen LogP) is 2.48. The van der Waals surface area contributed by atoms with E-state index in [0.717, 1.165) is 36.1 Å². The van der Waals surface area contributed by atoms with Gasteiger partial charge >= 0.3 is 0 Å². The maximum absolute atomic E-state index is 12.3. The van der Waals surface area contributed by atoms with Gasteiger partial charge in [0.25, 0.3) is 0 Å². The van der Waals surface area contributed by atoms with Gasteiger partial charge in [0.15, 0.2) is 10.8 Å². The van der Waals surface area contributed by atoms with Crippen molar-refractivity contribution in [2.45, 2.75) is 12.8 Å². The highest BCUT2D eigenvalue weighted by atomic mass is 32.1. The Morgan fingerprint density at radius 2 is 2.06 bits per heavy atom. The summed E-state index contributed by atoms with van der Waals surface area (Å²) < 4.78 is 1.10. The number of Topliss-reactive ketones (excluding diaryl/α,β-unsaturated/α-hetero) is 1. The van der Waals surface area contributed by atoms with Crippen molar-refractivity contribution in [3.8, 4) is 0 Å². The topological polar surface area (TPSA) is 42.0 Å². The summed E-state index contributed by atoms with van der Waals surface area (Å²) in [7, 11) is 0. The lowest BCUT2D eigenvalue weighted by molar-refractivity contribution is 0.0895. The summed E-state index contributed by atoms with van der Waals surface area (Å²) in [6.07, 6.45) is 1.88. The van der Waals surface area contributed by atoms with Crippen molar-refractivity contribution in [2.75, 3.05) is 13.1 Å². The van der Waals surface area contributed by atoms with Gasteiger partial charge in [-0.2, -0.15) is 0 Å². The molecular weight excluding hydrogens is 232 g/mol. The Morgan fingerprint density at radius 3 is 2.82 bits per heavy atom. The summed E-state index contributed by atoms with van der Waals surface area (Å²) in [4.78, 5) is 16.7. The number of piperidine rings is 1. The lowest BCUT2D eigenvalue weighted by Crippen LogP contribution is -2.31. The van der Waals surface area contributed by atoms with Gasteiger partial charge in [-0.05, 0) is 38.1 Å². The van der Waals surface area contributed by atoms with E-state index in [2.05, 4.69) is 10.3 Å². The molecule has 88 valence electrons. The van der Waals surface area contributed by atoms with Gasteiger partial charge in [0.1, 0.15) is 0 Å². The third kappa shape index (κ3) is 2.10. The molecule has 0 atom stereocenters. The minimum Gasteiger partial charge on any atom is -0.317 e. The van der Waals surface area contributed by atoms with Gasteiger partial charge in [0, 0.05) is 5.92 Å². The summed E-state index contributed by atoms with van der Waals surface area (Å²) in [5, 5.41) is 3.96. The summed E-state index contributed by atoms with van der Waals surface area (Å²) in [5.41, 5.74) is 0.940. The molecule has 1 saturated heterocycles. The smallest absolute Gasteiger partial charge is 0.194 e. The highest BCUT2D eigenvalue weighted by Crippen LogP contribution is 2.26. The Kier molecular flexibility index (Phi) is 2.91. The number of carbonyl (C=O) groups excluding carboxylic acids is 1. The van der Waals surface area contributed by atoms with Crippen LogP contribution in [0.3, 0.4) is 0 Å². The molecular formula is C13H14N2OS. The van der Waals surface area contributed by atoms with Crippen molar-refractivity contribution in [3.05, 3.63) is 29.3 Å². The minimum absolute atomic E-state index is 0.164. The SMILES string of the molecule is O=C(c1nc2ccccc2s1)C1CCNCC1. The first kappa shape index (κ1) is 10.9. The average molecular weight is 246 g/mol. The molecule has 17 heavy (non-hydrogen) atoms. The van der Waals surface area contributed by atoms with Crippen LogP contribution in [0, 0.1) is 5.92 Å². The molecule has 0 radical (unpaired) electrons. The fourth-order valence-electron chi connectivity index (χ4n) is 2.24. The molecule has 0 aliphatic carbocycles. The van der Waals surface area contributed by atoms with Crippen LogP contribution in [-0.2, 0) is 0 Å². The monoisotopic (exact) mass is 246 g/mol. The van der Waals surface area contributed by atoms with Crippen molar-refractivity contribution >= 4 is 27.3 Å². The van der Waals surface area contributed by atoms with E-state index in [-0.39, 0.29) is 11.7 Å². The number of hydrogen-bond acceptors (Lipinski definition) is 4. The lowest BCUT2D eigenvalue weighted by Gasteiger charge is -2.20. The van der Waals surface area contributed by atoms with Crippen molar-refractivity contribution in [3.63, 3.8) is 0 Å². The number of benzene rings is 1. The molecule has 1 N–H and O–H groups in total. The number of fused-ring (bicyclic) bond motifs is 1. The largest absolute Gasteiger partial charge is 0.317 e. The summed E-state index contributed by atoms with van der Waals surface area (Å²) in [6.45, 7) is 1.89. The van der Waals surface area contributed by atoms with Crippen molar-refractivity contribution in [1.29, 1.82) is 0 Å². The predicted molar refractivity (Wildman–Crippen MR) is 69.5 cm³/mol. The molecule has 1 fully saturated rings. The fraction of sp³-hybridized carbons (Fsp3) is 0.385. The number of ketones is 1. The summed E-state index contributed by atoms with van der Waals surface area (Å²) >= 11 is 1.52. The van der Waals surface area contributed by atoms with Crippen LogP contribution in [0.1, 0.15) is 22.6 Å². The molecule has 1 aromatic heterocycles. The van der Waals surface area contributed by atoms with Crippen LogP contribution in [0.5, 0.6) is 0 Å². The number of carbonyl (C=O) groups is 1. The van der Waals surface area contributed by atoms with E-state index in [1.54, 1.807) is 0 Å². The number of para-hydroxylation sites is 1. The molecule has 1 aliphatic rings. The zero-order valence-electron chi connectivity index (χ0n) is 9.48. The van der Waals surface area contributed by atoms with Gasteiger partial charge in [0.05, 0.1) is 10.2 Å². The molecule has 3 rings (SSSR count). The van der Waals surface area contributed by atoms with Crippen LogP contribution in [0.2, 0.25) is 0 Å². The van der Waals surface area contributed by atoms with E-state index in [1.807, 2.05) is 24.3 Å². The van der Waals surface area contributed by atoms with E-state index in [1.165, 1.54) is 11.3 Å². The highest BCUT2D eigenvalue weighted by Gasteiger charge is 2.24. The molecule has 1 aromatic carbocycles. The normalized spacial score (nSPS) is 17.4. The Hall–Kier alpha value is -1.26. The molecule has 0 unspecified atom stereocenters. The van der Waals surface area contributed by atoms with Gasteiger partial charge in [-0.1, -0.05) is 12.1 Å². The van der Waals surface area contributed by atoms with Gasteiger partial charge in [-0.25, -0.2) is 4.98 Å². The van der Waals surface area contributed by atoms with Gasteiger partial charge < -0.3 is 5.32 Å². The zero-order chi connectivity index (χ0) is 11.7. The summed E-state index contributed by atoms with van der Waals surface area (Å²) in [5.74, 6) is 0.393. The van der Waals surface area contributed by atoms with Gasteiger partial charge in [-0.15, -0.1) is 11.3 Å². The number of aromatic nitrogens is 1. The molecule has 3 nitrogen and oxygen atoms in total. The van der Waals surface area contributed by atoms with Crippen molar-refractivity contribution < 1.29 is 4.79 Å². The molecule has 0 saturated carbocycles. The van der Waals surface area contributed by atoms with Gasteiger partial charge in [0.2, 0.25) is 0 Å². The quantitative estimate of drug-likeness (QED) is 0.828. The van der Waals surface area contributed by atoms with Crippen LogP contribution in [0.15, 0.2) is 24.3 Å². The standard InChI is InChI=1S/C13H14N2OS/c16-12(9-5-7-14-8-6-9)13-15-10-3-1-2-4-11(10)17-13/h1-4,9,14H,5-8H2. The second-order valence-corrected chi connectivity index (χ2v) is 5.41. The first-order valence-electron chi connectivity index (χ1n) is 5.95. The van der Waals surface area contributed by atoms with Crippen LogP contribution in [0.4, 0.5) is 0 Å². The average Bonchev–Trinajstić information content (AvgIpc) is 2.82. The van der Waals surface area contributed by atoms with Crippen LogP contribution in [0.25, 0.3) is 10.2 Å². The minimum atomic E-state index is 0.164. The Labute approximate surface area is 104 Å². The molecule has 0 spiro atoms. The van der Waals surface area contributed by atoms with E-state index >= 15 is 0 Å². The molecule has 0 bridgehead atoms. The van der Waals surface area contributed by atoms with E-state index in [9.17, 15) is 4.79 Å². The van der Waals surface area contributed by atoms with Crippen molar-refractivity contribution in [2.24, 2.45) is 5.92 Å². The number of hydrogen-bond donors (Lipinski definition) is 1. The highest BCUT2D eigenvalue weighted by molar-refractivity contribution is 7.20. The number of rotatable bonds is 2. The van der Waals surface area contributed by atoms with Crippen LogP contribution in [-0.4, -0.2) is 23.9 Å². The second kappa shape index (κ2) is 4.55. The maximum atomic E-state index is 12.3. The first-order valence-corrected chi connectivity index (χ1v) is 6.77. The Morgan fingerprint density at radius 1 is 1.29 bits per heavy atom. The fourth-order valence-corrected chi connectivity index (χ4v) is 3.22. The number of nitrogens with zero attached hydrogens (tertiary/aromatic N) is 1. The van der Waals surface area contributed by atoms with E-state index in [4.69, 9.17) is 0 Å². The first-order chi connectivity index (χ1) is 8.34.